The van der Waals surface area contributed by atoms with Crippen molar-refractivity contribution in [2.24, 2.45) is 0 Å². The first kappa shape index (κ1) is 6.01. The average molecular weight is 117 g/mol. The predicted molar refractivity (Wildman–Crippen MR) is 29.2 cm³/mol. The maximum atomic E-state index is 8.54. The Hall–Kier alpha value is -0.120. The van der Waals surface area contributed by atoms with Gasteiger partial charge in [0.05, 0.1) is 18.8 Å². The van der Waals surface area contributed by atoms with E-state index in [2.05, 4.69) is 5.48 Å². The zero-order chi connectivity index (χ0) is 5.98. The van der Waals surface area contributed by atoms with E-state index in [1.165, 1.54) is 0 Å². The first-order valence-electron chi connectivity index (χ1n) is 2.85. The molecule has 3 heteroatoms. The van der Waals surface area contributed by atoms with Gasteiger partial charge >= 0.3 is 0 Å². The van der Waals surface area contributed by atoms with Gasteiger partial charge < -0.3 is 5.11 Å². The molecule has 1 aliphatic heterocycles. The predicted octanol–water partition coefficient (Wildman–Crippen LogP) is -0.339. The first-order chi connectivity index (χ1) is 3.83. The van der Waals surface area contributed by atoms with Crippen LogP contribution in [-0.4, -0.2) is 23.9 Å². The Morgan fingerprint density at radius 3 is 2.88 bits per heavy atom. The summed E-state index contributed by atoms with van der Waals surface area (Å²) in [7, 11) is 0. The molecule has 0 amide bonds. The quantitative estimate of drug-likeness (QED) is 0.493. The largest absolute Gasteiger partial charge is 0.395 e. The fourth-order valence-electron chi connectivity index (χ4n) is 0.821. The third-order valence-corrected chi connectivity index (χ3v) is 1.27. The van der Waals surface area contributed by atoms with Gasteiger partial charge in [0.1, 0.15) is 0 Å². The van der Waals surface area contributed by atoms with Crippen LogP contribution in [0.2, 0.25) is 0 Å². The lowest BCUT2D eigenvalue weighted by atomic mass is 10.2. The molecule has 0 aromatic carbocycles. The van der Waals surface area contributed by atoms with Crippen LogP contribution in [-0.2, 0) is 4.84 Å². The third-order valence-electron chi connectivity index (χ3n) is 1.27. The summed E-state index contributed by atoms with van der Waals surface area (Å²) in [5.74, 6) is 0. The van der Waals surface area contributed by atoms with Crippen molar-refractivity contribution in [1.29, 1.82) is 0 Å². The number of aliphatic hydroxyl groups excluding tert-OH is 1. The van der Waals surface area contributed by atoms with E-state index in [0.717, 1.165) is 6.42 Å². The molecule has 0 aliphatic carbocycles. The van der Waals surface area contributed by atoms with Gasteiger partial charge in [0.2, 0.25) is 0 Å². The van der Waals surface area contributed by atoms with Crippen LogP contribution in [0.15, 0.2) is 0 Å². The first-order valence-corrected chi connectivity index (χ1v) is 2.85. The van der Waals surface area contributed by atoms with E-state index in [4.69, 9.17) is 9.94 Å². The zero-order valence-corrected chi connectivity index (χ0v) is 4.92. The van der Waals surface area contributed by atoms with Crippen LogP contribution in [0, 0.1) is 0 Å². The van der Waals surface area contributed by atoms with Crippen molar-refractivity contribution in [1.82, 2.24) is 5.48 Å². The Balaban J connectivity index is 2.22. The highest BCUT2D eigenvalue weighted by atomic mass is 16.7. The Bertz CT molecular complexity index is 76.8. The van der Waals surface area contributed by atoms with Gasteiger partial charge in [0, 0.05) is 0 Å². The summed E-state index contributed by atoms with van der Waals surface area (Å²) in [6, 6.07) is 0.157. The van der Waals surface area contributed by atoms with Crippen LogP contribution in [0.5, 0.6) is 0 Å². The van der Waals surface area contributed by atoms with E-state index in [1.54, 1.807) is 0 Å². The van der Waals surface area contributed by atoms with Gasteiger partial charge in [-0.1, -0.05) is 0 Å². The number of aliphatic hydroxyl groups is 1. The van der Waals surface area contributed by atoms with Gasteiger partial charge in [-0.3, -0.25) is 4.84 Å². The van der Waals surface area contributed by atoms with Crippen molar-refractivity contribution >= 4 is 0 Å². The van der Waals surface area contributed by atoms with E-state index in [0.29, 0.717) is 0 Å². The second-order valence-corrected chi connectivity index (χ2v) is 2.16. The number of rotatable bonds is 1. The maximum Gasteiger partial charge on any atom is 0.0779 e. The van der Waals surface area contributed by atoms with Gasteiger partial charge in [-0.2, -0.15) is 5.48 Å². The van der Waals surface area contributed by atoms with Crippen molar-refractivity contribution in [2.45, 2.75) is 25.5 Å². The van der Waals surface area contributed by atoms with Gasteiger partial charge in [0.25, 0.3) is 0 Å². The summed E-state index contributed by atoms with van der Waals surface area (Å²) >= 11 is 0. The molecule has 2 atom stereocenters. The lowest BCUT2D eigenvalue weighted by Gasteiger charge is -1.99. The van der Waals surface area contributed by atoms with Crippen LogP contribution in [0.1, 0.15) is 13.3 Å². The molecule has 1 heterocycles. The molecule has 48 valence electrons. The molecule has 0 spiro atoms. The molecule has 0 bridgehead atoms. The van der Waals surface area contributed by atoms with Crippen molar-refractivity contribution in [2.75, 3.05) is 6.61 Å². The van der Waals surface area contributed by atoms with Crippen molar-refractivity contribution in [3.8, 4) is 0 Å². The van der Waals surface area contributed by atoms with Crippen LogP contribution in [0.3, 0.4) is 0 Å². The molecule has 2 N–H and O–H groups in total. The minimum Gasteiger partial charge on any atom is -0.395 e. The monoisotopic (exact) mass is 117 g/mol. The lowest BCUT2D eigenvalue weighted by molar-refractivity contribution is 0.0305. The Morgan fingerprint density at radius 2 is 2.62 bits per heavy atom. The summed E-state index contributed by atoms with van der Waals surface area (Å²) in [4.78, 5) is 4.95. The summed E-state index contributed by atoms with van der Waals surface area (Å²) in [5.41, 5.74) is 2.71. The van der Waals surface area contributed by atoms with Crippen molar-refractivity contribution < 1.29 is 9.94 Å². The second-order valence-electron chi connectivity index (χ2n) is 2.16. The second kappa shape index (κ2) is 2.44. The van der Waals surface area contributed by atoms with Crippen LogP contribution in [0.25, 0.3) is 0 Å². The fraction of sp³-hybridized carbons (Fsp3) is 1.00. The normalized spacial score (nSPS) is 38.2. The van der Waals surface area contributed by atoms with E-state index in [1.807, 2.05) is 6.92 Å². The molecule has 2 unspecified atom stereocenters. The van der Waals surface area contributed by atoms with Crippen molar-refractivity contribution in [3.05, 3.63) is 0 Å². The van der Waals surface area contributed by atoms with Gasteiger partial charge in [-0.25, -0.2) is 0 Å². The minimum absolute atomic E-state index is 0.157. The minimum atomic E-state index is 0.157. The molecule has 3 nitrogen and oxygen atoms in total. The van der Waals surface area contributed by atoms with E-state index in [-0.39, 0.29) is 18.8 Å². The highest BCUT2D eigenvalue weighted by Crippen LogP contribution is 2.07. The topological polar surface area (TPSA) is 41.5 Å². The number of nitrogens with one attached hydrogen (secondary N) is 1. The molecule has 0 aromatic heterocycles. The molecule has 1 rings (SSSR count). The summed E-state index contributed by atoms with van der Waals surface area (Å²) in [6.45, 7) is 2.15. The summed E-state index contributed by atoms with van der Waals surface area (Å²) in [5, 5.41) is 8.54. The zero-order valence-electron chi connectivity index (χ0n) is 4.92. The van der Waals surface area contributed by atoms with Crippen LogP contribution < -0.4 is 5.48 Å². The Labute approximate surface area is 48.6 Å². The molecule has 8 heavy (non-hydrogen) atoms. The molecule has 0 aromatic rings. The lowest BCUT2D eigenvalue weighted by Crippen LogP contribution is -2.23. The Kier molecular flexibility index (Phi) is 1.83. The highest BCUT2D eigenvalue weighted by Gasteiger charge is 2.19. The summed E-state index contributed by atoms with van der Waals surface area (Å²) < 4.78 is 0. The van der Waals surface area contributed by atoms with Crippen LogP contribution >= 0.6 is 0 Å². The average Bonchev–Trinajstić information content (AvgIpc) is 2.14. The van der Waals surface area contributed by atoms with Gasteiger partial charge in [-0.15, -0.1) is 0 Å². The summed E-state index contributed by atoms with van der Waals surface area (Å²) in [6.07, 6.45) is 1.17. The standard InChI is InChI=1S/C5H11NO2/c1-4-2-5(3-7)6-8-4/h4-7H,2-3H2,1H3. The van der Waals surface area contributed by atoms with Gasteiger partial charge in [0.15, 0.2) is 0 Å². The number of hydrogen-bond donors (Lipinski definition) is 2. The number of hydrogen-bond acceptors (Lipinski definition) is 3. The molecule has 0 saturated carbocycles. The van der Waals surface area contributed by atoms with E-state index < -0.39 is 0 Å². The third kappa shape index (κ3) is 1.18. The van der Waals surface area contributed by atoms with Gasteiger partial charge in [-0.05, 0) is 13.3 Å². The van der Waals surface area contributed by atoms with Crippen molar-refractivity contribution in [3.63, 3.8) is 0 Å². The number of hydroxylamine groups is 1. The molecule has 1 fully saturated rings. The molecule has 1 aliphatic rings. The SMILES string of the molecule is CC1CC(CO)NO1. The molecule has 0 radical (unpaired) electrons. The van der Waals surface area contributed by atoms with E-state index >= 15 is 0 Å². The molecular weight excluding hydrogens is 106 g/mol. The van der Waals surface area contributed by atoms with E-state index in [9.17, 15) is 0 Å². The Morgan fingerprint density at radius 1 is 1.88 bits per heavy atom. The fourth-order valence-corrected chi connectivity index (χ4v) is 0.821. The highest BCUT2D eigenvalue weighted by molar-refractivity contribution is 4.69. The molecular formula is C5H11NO2. The smallest absolute Gasteiger partial charge is 0.0779 e. The maximum absolute atomic E-state index is 8.54. The molecule has 1 saturated heterocycles. The van der Waals surface area contributed by atoms with Crippen LogP contribution in [0.4, 0.5) is 0 Å².